The number of sulfone groups is 1. The molecular weight excluding hydrogens is 493 g/mol. The van der Waals surface area contributed by atoms with Gasteiger partial charge in [0.1, 0.15) is 16.1 Å². The highest BCUT2D eigenvalue weighted by atomic mass is 35.5. The van der Waals surface area contributed by atoms with Crippen molar-refractivity contribution in [3.8, 4) is 5.75 Å². The van der Waals surface area contributed by atoms with E-state index in [0.29, 0.717) is 21.7 Å². The zero-order chi connectivity index (χ0) is 23.5. The molecule has 0 saturated heterocycles. The van der Waals surface area contributed by atoms with Crippen LogP contribution >= 0.6 is 34.5 Å². The maximum absolute atomic E-state index is 13.1. The first-order chi connectivity index (χ1) is 15.1. The molecule has 3 rings (SSSR count). The predicted molar refractivity (Wildman–Crippen MR) is 127 cm³/mol. The van der Waals surface area contributed by atoms with Gasteiger partial charge in [-0.2, -0.15) is 0 Å². The topological polar surface area (TPSA) is 92.9 Å². The van der Waals surface area contributed by atoms with Gasteiger partial charge in [0.2, 0.25) is 9.84 Å². The van der Waals surface area contributed by atoms with E-state index in [9.17, 15) is 13.2 Å². The Balaban J connectivity index is 1.83. The minimum absolute atomic E-state index is 0.0386. The van der Waals surface area contributed by atoms with Crippen molar-refractivity contribution in [2.75, 3.05) is 6.61 Å². The van der Waals surface area contributed by atoms with Gasteiger partial charge in [-0.3, -0.25) is 4.90 Å². The summed E-state index contributed by atoms with van der Waals surface area (Å²) in [6.45, 7) is 4.73. The highest BCUT2D eigenvalue weighted by Crippen LogP contribution is 2.36. The number of carbonyl (C=O) groups is 1. The smallest absolute Gasteiger partial charge is 0.321 e. The van der Waals surface area contributed by atoms with Crippen molar-refractivity contribution in [2.45, 2.75) is 50.0 Å². The van der Waals surface area contributed by atoms with Gasteiger partial charge in [0.15, 0.2) is 5.03 Å². The van der Waals surface area contributed by atoms with Crippen molar-refractivity contribution in [2.24, 2.45) is 5.73 Å². The molecule has 1 unspecified atom stereocenters. The first-order valence-corrected chi connectivity index (χ1v) is 13.2. The Labute approximate surface area is 202 Å². The summed E-state index contributed by atoms with van der Waals surface area (Å²) in [5, 5.41) is 0.300. The molecular formula is C21H25Cl2N3O4S2. The molecule has 0 radical (unpaired) electrons. The number of benzene rings is 1. The van der Waals surface area contributed by atoms with E-state index in [1.165, 1.54) is 18.3 Å². The third-order valence-electron chi connectivity index (χ3n) is 5.09. The minimum atomic E-state index is -3.98. The monoisotopic (exact) mass is 517 g/mol. The van der Waals surface area contributed by atoms with Gasteiger partial charge in [-0.05, 0) is 43.2 Å². The van der Waals surface area contributed by atoms with E-state index < -0.39 is 22.0 Å². The lowest BCUT2D eigenvalue weighted by atomic mass is 10.2. The summed E-state index contributed by atoms with van der Waals surface area (Å²) in [4.78, 5) is 14.9. The Morgan fingerprint density at radius 3 is 2.56 bits per heavy atom. The first-order valence-electron chi connectivity index (χ1n) is 10.1. The van der Waals surface area contributed by atoms with Crippen LogP contribution in [0.2, 0.25) is 9.36 Å². The van der Waals surface area contributed by atoms with E-state index in [-0.39, 0.29) is 15.8 Å². The summed E-state index contributed by atoms with van der Waals surface area (Å²) in [6, 6.07) is 7.44. The maximum atomic E-state index is 13.1. The van der Waals surface area contributed by atoms with Crippen LogP contribution in [0.5, 0.6) is 5.75 Å². The number of rotatable bonds is 9. The fourth-order valence-electron chi connectivity index (χ4n) is 3.34. The van der Waals surface area contributed by atoms with Crippen LogP contribution in [0.1, 0.15) is 38.7 Å². The van der Waals surface area contributed by atoms with Gasteiger partial charge in [0.05, 0.1) is 10.9 Å². The number of ether oxygens (including phenoxy) is 1. The molecule has 174 valence electrons. The second-order valence-corrected chi connectivity index (χ2v) is 11.6. The number of nitrogens with two attached hydrogens (primary N) is 1. The van der Waals surface area contributed by atoms with E-state index >= 15 is 0 Å². The van der Waals surface area contributed by atoms with Crippen LogP contribution in [-0.4, -0.2) is 37.0 Å². The van der Waals surface area contributed by atoms with Crippen molar-refractivity contribution in [1.82, 2.24) is 9.80 Å². The van der Waals surface area contributed by atoms with Crippen molar-refractivity contribution >= 4 is 50.4 Å². The number of thiophene rings is 1. The van der Waals surface area contributed by atoms with Crippen molar-refractivity contribution in [3.05, 3.63) is 56.5 Å². The predicted octanol–water partition coefficient (Wildman–Crippen LogP) is 5.44. The molecule has 7 nitrogen and oxygen atoms in total. The normalized spacial score (nSPS) is 16.4. The van der Waals surface area contributed by atoms with E-state index in [4.69, 9.17) is 33.7 Å². The number of hydrogen-bond acceptors (Lipinski definition) is 6. The summed E-state index contributed by atoms with van der Waals surface area (Å²) in [6.07, 6.45) is 3.99. The molecule has 2 heterocycles. The molecule has 1 aromatic carbocycles. The zero-order valence-corrected chi connectivity index (χ0v) is 20.9. The number of carbonyl (C=O) groups excluding carboxylic acids is 1. The molecule has 0 saturated carbocycles. The minimum Gasteiger partial charge on any atom is -0.494 e. The molecule has 32 heavy (non-hydrogen) atoms. The van der Waals surface area contributed by atoms with Gasteiger partial charge in [-0.15, -0.1) is 11.3 Å². The van der Waals surface area contributed by atoms with Gasteiger partial charge in [0.25, 0.3) is 0 Å². The van der Waals surface area contributed by atoms with E-state index in [0.717, 1.165) is 41.1 Å². The summed E-state index contributed by atoms with van der Waals surface area (Å²) in [5.41, 5.74) is 6.28. The molecule has 0 fully saturated rings. The number of nitrogens with zero attached hydrogens (tertiary/aromatic N) is 2. The molecule has 2 aromatic rings. The van der Waals surface area contributed by atoms with E-state index in [1.807, 2.05) is 12.1 Å². The summed E-state index contributed by atoms with van der Waals surface area (Å²) in [5.74, 6) is 0.677. The quantitative estimate of drug-likeness (QED) is 0.447. The highest BCUT2D eigenvalue weighted by Gasteiger charge is 2.40. The third kappa shape index (κ3) is 5.33. The Hall–Kier alpha value is -1.94. The average Bonchev–Trinajstić information content (AvgIpc) is 3.31. The number of urea groups is 1. The Morgan fingerprint density at radius 1 is 1.22 bits per heavy atom. The van der Waals surface area contributed by atoms with Gasteiger partial charge >= 0.3 is 6.03 Å². The first kappa shape index (κ1) is 24.7. The molecule has 0 aliphatic carbocycles. The molecule has 1 aliphatic rings. The van der Waals surface area contributed by atoms with Crippen molar-refractivity contribution in [3.63, 3.8) is 0 Å². The van der Waals surface area contributed by atoms with Crippen LogP contribution < -0.4 is 10.5 Å². The second kappa shape index (κ2) is 10.3. The van der Waals surface area contributed by atoms with Crippen LogP contribution in [0.4, 0.5) is 4.79 Å². The van der Waals surface area contributed by atoms with Crippen molar-refractivity contribution in [1.29, 1.82) is 0 Å². The van der Waals surface area contributed by atoms with Crippen molar-refractivity contribution < 1.29 is 17.9 Å². The SMILES string of the molecule is CCCCCOc1ccc(CN2C=C(S(=O)(=O)c3ccc(Cl)s3)N(C(N)=O)C2C)c(Cl)c1. The van der Waals surface area contributed by atoms with Crippen LogP contribution in [0, 0.1) is 0 Å². The van der Waals surface area contributed by atoms with E-state index in [1.54, 1.807) is 17.9 Å². The highest BCUT2D eigenvalue weighted by molar-refractivity contribution is 7.97. The fourth-order valence-corrected chi connectivity index (χ4v) is 6.68. The van der Waals surface area contributed by atoms with Gasteiger partial charge in [-0.1, -0.05) is 49.0 Å². The molecule has 11 heteroatoms. The zero-order valence-electron chi connectivity index (χ0n) is 17.8. The summed E-state index contributed by atoms with van der Waals surface area (Å²) < 4.78 is 32.4. The van der Waals surface area contributed by atoms with Crippen LogP contribution in [-0.2, 0) is 16.4 Å². The van der Waals surface area contributed by atoms with Gasteiger partial charge < -0.3 is 15.4 Å². The second-order valence-electron chi connectivity index (χ2n) is 7.35. The lowest BCUT2D eigenvalue weighted by molar-refractivity contribution is 0.165. The molecule has 1 aliphatic heterocycles. The van der Waals surface area contributed by atoms with Gasteiger partial charge in [0, 0.05) is 17.8 Å². The number of unbranched alkanes of at least 4 members (excludes halogenated alkanes) is 2. The number of hydrogen-bond donors (Lipinski definition) is 1. The molecule has 0 bridgehead atoms. The third-order valence-corrected chi connectivity index (χ3v) is 8.89. The lowest BCUT2D eigenvalue weighted by Gasteiger charge is -2.28. The Bertz CT molecular complexity index is 1120. The molecule has 1 atom stereocenters. The summed E-state index contributed by atoms with van der Waals surface area (Å²) >= 11 is 13.3. The molecule has 2 amide bonds. The molecule has 2 N–H and O–H groups in total. The van der Waals surface area contributed by atoms with Crippen LogP contribution in [0.3, 0.4) is 0 Å². The number of amides is 2. The molecule has 0 spiro atoms. The van der Waals surface area contributed by atoms with Crippen LogP contribution in [0.15, 0.2) is 45.8 Å². The lowest BCUT2D eigenvalue weighted by Crippen LogP contribution is -2.44. The standard InChI is InChI=1S/C21H25Cl2N3O4S2/c1-3-4-5-10-30-16-7-6-15(17(22)11-16)12-25-13-19(26(14(25)2)21(24)27)32(28,29)20-9-8-18(23)31-20/h6-9,11,13-14H,3-5,10,12H2,1-2H3,(H2,24,27). The van der Waals surface area contributed by atoms with Gasteiger partial charge in [-0.25, -0.2) is 13.2 Å². The Kier molecular flexibility index (Phi) is 7.97. The fraction of sp³-hybridized carbons (Fsp3) is 0.381. The maximum Gasteiger partial charge on any atom is 0.321 e. The number of halogens is 2. The molecule has 1 aromatic heterocycles. The number of primary amides is 1. The largest absolute Gasteiger partial charge is 0.494 e. The average molecular weight is 518 g/mol. The Morgan fingerprint density at radius 2 is 1.97 bits per heavy atom. The summed E-state index contributed by atoms with van der Waals surface area (Å²) in [7, 11) is -3.98. The van der Waals surface area contributed by atoms with Crippen LogP contribution in [0.25, 0.3) is 0 Å². The van der Waals surface area contributed by atoms with E-state index in [2.05, 4.69) is 6.92 Å².